The van der Waals surface area contributed by atoms with Crippen LogP contribution in [0, 0.1) is 5.82 Å². The van der Waals surface area contributed by atoms with Crippen molar-refractivity contribution in [3.8, 4) is 0 Å². The molecule has 0 unspecified atom stereocenters. The summed E-state index contributed by atoms with van der Waals surface area (Å²) < 4.78 is 54.4. The van der Waals surface area contributed by atoms with Gasteiger partial charge in [-0.2, -0.15) is 13.2 Å². The van der Waals surface area contributed by atoms with Gasteiger partial charge in [0.15, 0.2) is 0 Å². The lowest BCUT2D eigenvalue weighted by Crippen LogP contribution is -2.69. The van der Waals surface area contributed by atoms with E-state index >= 15 is 0 Å². The fourth-order valence-electron chi connectivity index (χ4n) is 2.88. The van der Waals surface area contributed by atoms with E-state index in [1.54, 1.807) is 35.6 Å². The minimum absolute atomic E-state index is 0.143. The monoisotopic (exact) mass is 409 g/mol. The Labute approximate surface area is 162 Å². The molecule has 1 fully saturated rings. The maximum Gasteiger partial charge on any atom is 0.440 e. The number of nitrogens with one attached hydrogen (secondary N) is 2. The van der Waals surface area contributed by atoms with Crippen LogP contribution in [0.1, 0.15) is 12.0 Å². The van der Waals surface area contributed by atoms with Gasteiger partial charge in [-0.1, -0.05) is 30.3 Å². The highest BCUT2D eigenvalue weighted by Gasteiger charge is 2.69. The lowest BCUT2D eigenvalue weighted by Gasteiger charge is -2.29. The first-order valence-electron chi connectivity index (χ1n) is 8.48. The number of benzene rings is 2. The summed E-state index contributed by atoms with van der Waals surface area (Å²) in [4.78, 5) is 37.1. The van der Waals surface area contributed by atoms with Crippen LogP contribution in [0.5, 0.6) is 0 Å². The molecule has 0 saturated carbocycles. The maximum atomic E-state index is 13.8. The van der Waals surface area contributed by atoms with Gasteiger partial charge in [0.1, 0.15) is 5.82 Å². The molecular weight excluding hydrogens is 394 g/mol. The molecule has 10 heteroatoms. The molecule has 0 bridgehead atoms. The largest absolute Gasteiger partial charge is 0.440 e. The third kappa shape index (κ3) is 3.91. The molecule has 1 heterocycles. The van der Waals surface area contributed by atoms with Crippen LogP contribution in [0.2, 0.25) is 0 Å². The number of alkyl halides is 3. The summed E-state index contributed by atoms with van der Waals surface area (Å²) in [5.74, 6) is -3.49. The molecule has 152 valence electrons. The highest BCUT2D eigenvalue weighted by molar-refractivity contribution is 6.24. The van der Waals surface area contributed by atoms with Gasteiger partial charge in [0.2, 0.25) is 5.91 Å². The van der Waals surface area contributed by atoms with Gasteiger partial charge in [0.05, 0.1) is 5.69 Å². The third-order valence-electron chi connectivity index (χ3n) is 4.34. The molecule has 4 amide bonds. The van der Waals surface area contributed by atoms with Crippen molar-refractivity contribution in [1.29, 1.82) is 0 Å². The van der Waals surface area contributed by atoms with E-state index in [1.807, 2.05) is 0 Å². The molecule has 1 aliphatic rings. The van der Waals surface area contributed by atoms with Crippen LogP contribution in [0.25, 0.3) is 0 Å². The molecule has 1 aliphatic heterocycles. The smallest absolute Gasteiger partial charge is 0.318 e. The summed E-state index contributed by atoms with van der Waals surface area (Å²) in [5.41, 5.74) is -3.15. The van der Waals surface area contributed by atoms with Crippen molar-refractivity contribution < 1.29 is 31.9 Å². The molecule has 2 aromatic rings. The van der Waals surface area contributed by atoms with E-state index in [0.29, 0.717) is 0 Å². The van der Waals surface area contributed by atoms with Crippen molar-refractivity contribution in [3.05, 3.63) is 66.0 Å². The minimum atomic E-state index is -5.31. The van der Waals surface area contributed by atoms with Crippen LogP contribution in [0.4, 0.5) is 28.0 Å². The lowest BCUT2D eigenvalue weighted by atomic mass is 10.1. The Morgan fingerprint density at radius 1 is 1.03 bits per heavy atom. The summed E-state index contributed by atoms with van der Waals surface area (Å²) in [6.45, 7) is 0. The topological polar surface area (TPSA) is 78.5 Å². The van der Waals surface area contributed by atoms with Crippen molar-refractivity contribution in [2.45, 2.75) is 24.7 Å². The number of hydrogen-bond acceptors (Lipinski definition) is 3. The van der Waals surface area contributed by atoms with Crippen molar-refractivity contribution in [3.63, 3.8) is 0 Å². The number of carbonyl (C=O) groups excluding carboxylic acids is 3. The summed E-state index contributed by atoms with van der Waals surface area (Å²) in [6.07, 6.45) is -5.50. The Bertz CT molecular complexity index is 932. The number of amides is 4. The van der Waals surface area contributed by atoms with Gasteiger partial charge in [-0.05, 0) is 36.2 Å². The van der Waals surface area contributed by atoms with Gasteiger partial charge < -0.3 is 5.32 Å². The van der Waals surface area contributed by atoms with Gasteiger partial charge in [-0.25, -0.2) is 14.1 Å². The highest BCUT2D eigenvalue weighted by Crippen LogP contribution is 2.35. The molecule has 0 aromatic heterocycles. The minimum Gasteiger partial charge on any atom is -0.318 e. The molecule has 6 nitrogen and oxygen atoms in total. The molecule has 2 aromatic carbocycles. The maximum absolute atomic E-state index is 13.8. The molecule has 2 N–H and O–H groups in total. The Morgan fingerprint density at radius 3 is 2.24 bits per heavy atom. The Morgan fingerprint density at radius 2 is 1.66 bits per heavy atom. The Kier molecular flexibility index (Phi) is 5.27. The van der Waals surface area contributed by atoms with Crippen molar-refractivity contribution in [2.75, 3.05) is 4.90 Å². The summed E-state index contributed by atoms with van der Waals surface area (Å²) in [5, 5.41) is 3.17. The zero-order valence-electron chi connectivity index (χ0n) is 14.8. The number of carbonyl (C=O) groups is 3. The van der Waals surface area contributed by atoms with Crippen molar-refractivity contribution in [2.24, 2.45) is 0 Å². The van der Waals surface area contributed by atoms with Crippen molar-refractivity contribution >= 4 is 23.5 Å². The second kappa shape index (κ2) is 7.53. The van der Waals surface area contributed by atoms with Crippen LogP contribution >= 0.6 is 0 Å². The first-order valence-corrected chi connectivity index (χ1v) is 8.48. The number of aryl methyl sites for hydroxylation is 1. The van der Waals surface area contributed by atoms with E-state index in [4.69, 9.17) is 0 Å². The van der Waals surface area contributed by atoms with Gasteiger partial charge >= 0.3 is 12.2 Å². The van der Waals surface area contributed by atoms with E-state index < -0.39 is 35.5 Å². The molecule has 1 saturated heterocycles. The number of imide groups is 1. The van der Waals surface area contributed by atoms with Gasteiger partial charge in [0.25, 0.3) is 11.6 Å². The van der Waals surface area contributed by atoms with Gasteiger partial charge in [-0.15, -0.1) is 0 Å². The zero-order valence-corrected chi connectivity index (χ0v) is 14.8. The first-order chi connectivity index (χ1) is 13.6. The highest BCUT2D eigenvalue weighted by atomic mass is 19.4. The number of anilines is 1. The fraction of sp³-hybridized carbons (Fsp3) is 0.211. The van der Waals surface area contributed by atoms with Crippen LogP contribution < -0.4 is 15.5 Å². The van der Waals surface area contributed by atoms with Crippen LogP contribution in [-0.2, 0) is 16.0 Å². The van der Waals surface area contributed by atoms with E-state index in [1.165, 1.54) is 5.32 Å². The lowest BCUT2D eigenvalue weighted by molar-refractivity contribution is -0.201. The number of rotatable bonds is 5. The summed E-state index contributed by atoms with van der Waals surface area (Å²) in [7, 11) is 0. The standard InChI is InChI=1S/C19H15F4N3O3/c20-13-7-9-14(10-8-13)26-16(28)18(19(21,22)23,25-17(26)29)24-15(27)11-6-12-4-2-1-3-5-12/h1-5,7-10H,6,11H2,(H,24,27)(H,25,29)/t18-/m0/s1. The quantitative estimate of drug-likeness (QED) is 0.589. The summed E-state index contributed by atoms with van der Waals surface area (Å²) in [6, 6.07) is 10.9. The predicted molar refractivity (Wildman–Crippen MR) is 94.1 cm³/mol. The second-order valence-corrected chi connectivity index (χ2v) is 6.33. The number of urea groups is 1. The fourth-order valence-corrected chi connectivity index (χ4v) is 2.88. The molecular formula is C19H15F4N3O3. The van der Waals surface area contributed by atoms with E-state index in [0.717, 1.165) is 29.8 Å². The SMILES string of the molecule is O=C(CCc1ccccc1)N[C@]1(C(F)(F)F)NC(=O)N(c2ccc(F)cc2)C1=O. The first kappa shape index (κ1) is 20.3. The predicted octanol–water partition coefficient (Wildman–Crippen LogP) is 2.89. The van der Waals surface area contributed by atoms with E-state index in [9.17, 15) is 31.9 Å². The molecule has 3 rings (SSSR count). The third-order valence-corrected chi connectivity index (χ3v) is 4.34. The average molecular weight is 409 g/mol. The van der Waals surface area contributed by atoms with Gasteiger partial charge in [0, 0.05) is 6.42 Å². The van der Waals surface area contributed by atoms with Crippen LogP contribution in [0.3, 0.4) is 0 Å². The number of hydrogen-bond donors (Lipinski definition) is 2. The van der Waals surface area contributed by atoms with Crippen molar-refractivity contribution in [1.82, 2.24) is 10.6 Å². The van der Waals surface area contributed by atoms with Crippen LogP contribution in [0.15, 0.2) is 54.6 Å². The zero-order chi connectivity index (χ0) is 21.2. The Hall–Kier alpha value is -3.43. The number of nitrogens with zero attached hydrogens (tertiary/aromatic N) is 1. The molecule has 0 radical (unpaired) electrons. The normalized spacial score (nSPS) is 19.2. The Balaban J connectivity index is 1.83. The molecule has 29 heavy (non-hydrogen) atoms. The molecule has 0 aliphatic carbocycles. The second-order valence-electron chi connectivity index (χ2n) is 6.33. The van der Waals surface area contributed by atoms with Gasteiger partial charge in [-0.3, -0.25) is 14.9 Å². The molecule has 0 spiro atoms. The molecule has 1 atom stereocenters. The number of halogens is 4. The van der Waals surface area contributed by atoms with E-state index in [-0.39, 0.29) is 23.4 Å². The van der Waals surface area contributed by atoms with Crippen LogP contribution in [-0.4, -0.2) is 29.7 Å². The average Bonchev–Trinajstić information content (AvgIpc) is 2.92. The summed E-state index contributed by atoms with van der Waals surface area (Å²) >= 11 is 0. The van der Waals surface area contributed by atoms with E-state index in [2.05, 4.69) is 0 Å².